The summed E-state index contributed by atoms with van der Waals surface area (Å²) >= 11 is 0. The second-order valence-electron chi connectivity index (χ2n) is 6.95. The Labute approximate surface area is 179 Å². The molecule has 0 amide bonds. The molecule has 0 aliphatic carbocycles. The van der Waals surface area contributed by atoms with Crippen LogP contribution in [0.3, 0.4) is 0 Å². The third-order valence-corrected chi connectivity index (χ3v) is 5.03. The van der Waals surface area contributed by atoms with E-state index in [1.54, 1.807) is 49.6 Å². The summed E-state index contributed by atoms with van der Waals surface area (Å²) in [7, 11) is 1.54. The Morgan fingerprint density at radius 2 is 1.58 bits per heavy atom. The minimum Gasteiger partial charge on any atom is -0.497 e. The zero-order valence-electron chi connectivity index (χ0n) is 16.8. The van der Waals surface area contributed by atoms with Gasteiger partial charge in [-0.15, -0.1) is 0 Å². The molecule has 6 nitrogen and oxygen atoms in total. The Morgan fingerprint density at radius 1 is 0.903 bits per heavy atom. The number of methoxy groups -OCH3 is 1. The van der Waals surface area contributed by atoms with E-state index in [0.717, 1.165) is 5.56 Å². The van der Waals surface area contributed by atoms with Gasteiger partial charge in [-0.05, 0) is 47.5 Å². The van der Waals surface area contributed by atoms with Crippen LogP contribution in [0, 0.1) is 0 Å². The first-order chi connectivity index (χ1) is 15.1. The quantitative estimate of drug-likeness (QED) is 0.454. The highest BCUT2D eigenvalue weighted by molar-refractivity contribution is 6.26. The number of carboxylic acids is 1. The summed E-state index contributed by atoms with van der Waals surface area (Å²) < 4.78 is 15.9. The van der Waals surface area contributed by atoms with Crippen molar-refractivity contribution in [2.75, 3.05) is 13.9 Å². The first kappa shape index (κ1) is 20.2. The van der Waals surface area contributed by atoms with Crippen LogP contribution in [0.2, 0.25) is 0 Å². The largest absolute Gasteiger partial charge is 0.497 e. The molecule has 31 heavy (non-hydrogen) atoms. The number of ether oxygens (including phenoxy) is 3. The average Bonchev–Trinajstić information content (AvgIpc) is 3.27. The summed E-state index contributed by atoms with van der Waals surface area (Å²) in [5, 5.41) is 10.1. The molecule has 0 radical (unpaired) electrons. The number of benzene rings is 3. The number of hydrogen-bond acceptors (Lipinski definition) is 5. The Bertz CT molecular complexity index is 1150. The van der Waals surface area contributed by atoms with Crippen molar-refractivity contribution in [1.82, 2.24) is 0 Å². The standard InChI is InChI=1S/C25H20O6/c1-29-19-10-7-17(8-11-19)24(26)20(13-16-5-3-2-4-6-16)23(25(27)28)18-9-12-21-22(14-18)31-15-30-21/h2-12,14H,13,15H2,1H3,(H,27,28). The molecule has 0 aromatic heterocycles. The lowest BCUT2D eigenvalue weighted by Gasteiger charge is -2.14. The van der Waals surface area contributed by atoms with Crippen molar-refractivity contribution in [2.45, 2.75) is 6.42 Å². The highest BCUT2D eigenvalue weighted by atomic mass is 16.7. The number of ketones is 1. The molecule has 0 saturated heterocycles. The summed E-state index contributed by atoms with van der Waals surface area (Å²) in [5.74, 6) is 0.0550. The molecule has 0 spiro atoms. The van der Waals surface area contributed by atoms with Crippen molar-refractivity contribution in [3.63, 3.8) is 0 Å². The second kappa shape index (κ2) is 8.75. The van der Waals surface area contributed by atoms with Crippen LogP contribution in [-0.2, 0) is 11.2 Å². The second-order valence-corrected chi connectivity index (χ2v) is 6.95. The SMILES string of the molecule is COc1ccc(C(=O)C(Cc2ccccc2)=C(C(=O)O)c2ccc3c(c2)OCO3)cc1. The van der Waals surface area contributed by atoms with E-state index in [1.807, 2.05) is 30.3 Å². The van der Waals surface area contributed by atoms with Crippen LogP contribution in [-0.4, -0.2) is 30.8 Å². The van der Waals surface area contributed by atoms with Gasteiger partial charge in [0.25, 0.3) is 0 Å². The number of aliphatic carboxylic acids is 1. The third kappa shape index (κ3) is 4.28. The lowest BCUT2D eigenvalue weighted by molar-refractivity contribution is -0.130. The van der Waals surface area contributed by atoms with Gasteiger partial charge in [-0.3, -0.25) is 4.79 Å². The molecule has 1 N–H and O–H groups in total. The third-order valence-electron chi connectivity index (χ3n) is 5.03. The van der Waals surface area contributed by atoms with Crippen LogP contribution < -0.4 is 14.2 Å². The van der Waals surface area contributed by atoms with Crippen molar-refractivity contribution in [3.05, 3.63) is 95.1 Å². The topological polar surface area (TPSA) is 82.1 Å². The van der Waals surface area contributed by atoms with E-state index in [0.29, 0.717) is 28.4 Å². The van der Waals surface area contributed by atoms with Crippen molar-refractivity contribution in [1.29, 1.82) is 0 Å². The first-order valence-electron chi connectivity index (χ1n) is 9.66. The maximum Gasteiger partial charge on any atom is 0.336 e. The monoisotopic (exact) mass is 416 g/mol. The molecule has 0 fully saturated rings. The van der Waals surface area contributed by atoms with Crippen LogP contribution in [0.15, 0.2) is 78.4 Å². The summed E-state index contributed by atoms with van der Waals surface area (Å²) in [6.07, 6.45) is 0.168. The van der Waals surface area contributed by atoms with Gasteiger partial charge in [-0.2, -0.15) is 0 Å². The first-order valence-corrected chi connectivity index (χ1v) is 9.66. The number of rotatable bonds is 7. The predicted octanol–water partition coefficient (Wildman–Crippen LogP) is 4.39. The fraction of sp³-hybridized carbons (Fsp3) is 0.120. The van der Waals surface area contributed by atoms with Gasteiger partial charge in [0.15, 0.2) is 17.3 Å². The molecule has 1 aliphatic heterocycles. The van der Waals surface area contributed by atoms with Crippen LogP contribution in [0.25, 0.3) is 5.57 Å². The normalized spacial score (nSPS) is 12.8. The fourth-order valence-electron chi connectivity index (χ4n) is 3.48. The van der Waals surface area contributed by atoms with Gasteiger partial charge >= 0.3 is 5.97 Å². The van der Waals surface area contributed by atoms with Crippen LogP contribution in [0.4, 0.5) is 0 Å². The molecular formula is C25H20O6. The van der Waals surface area contributed by atoms with Crippen LogP contribution in [0.1, 0.15) is 21.5 Å². The van der Waals surface area contributed by atoms with Gasteiger partial charge in [0, 0.05) is 17.6 Å². The average molecular weight is 416 g/mol. The summed E-state index contributed by atoms with van der Waals surface area (Å²) in [6, 6.07) is 20.8. The number of Topliss-reactive ketones (excluding diaryl/α,β-unsaturated/α-hetero) is 1. The molecule has 1 heterocycles. The molecule has 6 heteroatoms. The van der Waals surface area contributed by atoms with Gasteiger partial charge in [0.1, 0.15) is 5.75 Å². The molecule has 3 aromatic rings. The van der Waals surface area contributed by atoms with E-state index in [9.17, 15) is 14.7 Å². The number of carbonyl (C=O) groups is 2. The van der Waals surface area contributed by atoms with E-state index in [2.05, 4.69) is 0 Å². The molecule has 4 rings (SSSR count). The number of carbonyl (C=O) groups excluding carboxylic acids is 1. The molecule has 3 aromatic carbocycles. The van der Waals surface area contributed by atoms with E-state index < -0.39 is 5.97 Å². The summed E-state index contributed by atoms with van der Waals surface area (Å²) in [6.45, 7) is 0.0759. The molecule has 156 valence electrons. The summed E-state index contributed by atoms with van der Waals surface area (Å²) in [5.41, 5.74) is 1.71. The zero-order valence-corrected chi connectivity index (χ0v) is 16.8. The molecule has 0 bridgehead atoms. The number of allylic oxidation sites excluding steroid dienone is 1. The van der Waals surface area contributed by atoms with E-state index in [1.165, 1.54) is 0 Å². The highest BCUT2D eigenvalue weighted by Gasteiger charge is 2.25. The Kier molecular flexibility index (Phi) is 5.71. The highest BCUT2D eigenvalue weighted by Crippen LogP contribution is 2.36. The predicted molar refractivity (Wildman–Crippen MR) is 115 cm³/mol. The molecule has 0 saturated carbocycles. The van der Waals surface area contributed by atoms with Gasteiger partial charge in [0.2, 0.25) is 6.79 Å². The summed E-state index contributed by atoms with van der Waals surface area (Å²) in [4.78, 5) is 25.8. The maximum absolute atomic E-state index is 13.5. The Hall–Kier alpha value is -4.06. The maximum atomic E-state index is 13.5. The van der Waals surface area contributed by atoms with E-state index in [-0.39, 0.29) is 30.1 Å². The fourth-order valence-corrected chi connectivity index (χ4v) is 3.48. The van der Waals surface area contributed by atoms with Gasteiger partial charge in [0.05, 0.1) is 12.7 Å². The van der Waals surface area contributed by atoms with Crippen molar-refractivity contribution in [2.24, 2.45) is 0 Å². The Balaban J connectivity index is 1.86. The Morgan fingerprint density at radius 3 is 2.26 bits per heavy atom. The van der Waals surface area contributed by atoms with Crippen LogP contribution >= 0.6 is 0 Å². The number of hydrogen-bond donors (Lipinski definition) is 1. The number of fused-ring (bicyclic) bond motifs is 1. The van der Waals surface area contributed by atoms with Crippen LogP contribution in [0.5, 0.6) is 17.2 Å². The lowest BCUT2D eigenvalue weighted by Crippen LogP contribution is -2.14. The van der Waals surface area contributed by atoms with Crippen molar-refractivity contribution >= 4 is 17.3 Å². The minimum absolute atomic E-state index is 0.0667. The smallest absolute Gasteiger partial charge is 0.336 e. The number of carboxylic acid groups (broad SMARTS) is 1. The molecule has 1 aliphatic rings. The van der Waals surface area contributed by atoms with E-state index in [4.69, 9.17) is 14.2 Å². The van der Waals surface area contributed by atoms with Gasteiger partial charge < -0.3 is 19.3 Å². The van der Waals surface area contributed by atoms with Gasteiger partial charge in [-0.25, -0.2) is 4.79 Å². The van der Waals surface area contributed by atoms with Crippen molar-refractivity contribution in [3.8, 4) is 17.2 Å². The lowest BCUT2D eigenvalue weighted by atomic mass is 9.89. The molecule has 0 atom stereocenters. The molecular weight excluding hydrogens is 396 g/mol. The molecule has 0 unspecified atom stereocenters. The van der Waals surface area contributed by atoms with Gasteiger partial charge in [-0.1, -0.05) is 36.4 Å². The van der Waals surface area contributed by atoms with Crippen molar-refractivity contribution < 1.29 is 28.9 Å². The zero-order chi connectivity index (χ0) is 21.8. The van der Waals surface area contributed by atoms with E-state index >= 15 is 0 Å². The minimum atomic E-state index is -1.19.